The lowest BCUT2D eigenvalue weighted by Gasteiger charge is -2.16. The van der Waals surface area contributed by atoms with Gasteiger partial charge in [0.25, 0.3) is 6.43 Å². The Labute approximate surface area is 116 Å². The molecular formula is C16H16F2O2. The fourth-order valence-electron chi connectivity index (χ4n) is 2.11. The lowest BCUT2D eigenvalue weighted by Crippen LogP contribution is -2.03. The number of alkyl halides is 2. The molecule has 20 heavy (non-hydrogen) atoms. The van der Waals surface area contributed by atoms with Crippen LogP contribution >= 0.6 is 0 Å². The van der Waals surface area contributed by atoms with E-state index in [1.165, 1.54) is 25.3 Å². The minimum atomic E-state index is -2.55. The molecule has 1 unspecified atom stereocenters. The summed E-state index contributed by atoms with van der Waals surface area (Å²) in [5.74, 6) is 0.533. The van der Waals surface area contributed by atoms with Gasteiger partial charge in [0.2, 0.25) is 0 Å². The first-order valence-electron chi connectivity index (χ1n) is 6.23. The van der Waals surface area contributed by atoms with Crippen molar-refractivity contribution >= 4 is 0 Å². The standard InChI is InChI=1S/C16H16F2O2/c1-10-6-7-14(20-2)13(8-10)15(19)11-4-3-5-12(9-11)16(17)18/h3-9,15-16,19H,1-2H3. The predicted molar refractivity (Wildman–Crippen MR) is 73.2 cm³/mol. The minimum Gasteiger partial charge on any atom is -0.496 e. The maximum Gasteiger partial charge on any atom is 0.263 e. The van der Waals surface area contributed by atoms with E-state index in [0.29, 0.717) is 16.9 Å². The molecule has 1 N–H and O–H groups in total. The van der Waals surface area contributed by atoms with Gasteiger partial charge in [-0.05, 0) is 30.7 Å². The molecule has 0 saturated carbocycles. The quantitative estimate of drug-likeness (QED) is 0.915. The summed E-state index contributed by atoms with van der Waals surface area (Å²) in [6, 6.07) is 11.2. The highest BCUT2D eigenvalue weighted by Crippen LogP contribution is 2.32. The monoisotopic (exact) mass is 278 g/mol. The smallest absolute Gasteiger partial charge is 0.263 e. The molecule has 0 aliphatic rings. The van der Waals surface area contributed by atoms with Crippen molar-refractivity contribution in [2.45, 2.75) is 19.5 Å². The van der Waals surface area contributed by atoms with Gasteiger partial charge in [-0.25, -0.2) is 8.78 Å². The summed E-state index contributed by atoms with van der Waals surface area (Å²) in [5.41, 5.74) is 1.85. The summed E-state index contributed by atoms with van der Waals surface area (Å²) in [4.78, 5) is 0. The van der Waals surface area contributed by atoms with E-state index in [1.807, 2.05) is 13.0 Å². The van der Waals surface area contributed by atoms with Crippen LogP contribution in [0, 0.1) is 6.92 Å². The van der Waals surface area contributed by atoms with Crippen molar-refractivity contribution in [3.8, 4) is 5.75 Å². The molecule has 2 aromatic rings. The summed E-state index contributed by atoms with van der Waals surface area (Å²) < 4.78 is 30.6. The fraction of sp³-hybridized carbons (Fsp3) is 0.250. The van der Waals surface area contributed by atoms with Crippen LogP contribution in [0.3, 0.4) is 0 Å². The van der Waals surface area contributed by atoms with Crippen molar-refractivity contribution in [2.75, 3.05) is 7.11 Å². The van der Waals surface area contributed by atoms with Crippen LogP contribution in [0.5, 0.6) is 5.75 Å². The van der Waals surface area contributed by atoms with E-state index >= 15 is 0 Å². The molecule has 0 aliphatic heterocycles. The normalized spacial score (nSPS) is 12.5. The average molecular weight is 278 g/mol. The second kappa shape index (κ2) is 6.01. The number of benzene rings is 2. The third-order valence-electron chi connectivity index (χ3n) is 3.16. The maximum atomic E-state index is 12.7. The molecule has 0 saturated heterocycles. The van der Waals surface area contributed by atoms with Gasteiger partial charge in [-0.3, -0.25) is 0 Å². The summed E-state index contributed by atoms with van der Waals surface area (Å²) in [7, 11) is 1.51. The van der Waals surface area contributed by atoms with E-state index < -0.39 is 12.5 Å². The van der Waals surface area contributed by atoms with E-state index in [2.05, 4.69) is 0 Å². The van der Waals surface area contributed by atoms with E-state index in [0.717, 1.165) is 5.56 Å². The number of halogens is 2. The zero-order valence-corrected chi connectivity index (χ0v) is 11.3. The minimum absolute atomic E-state index is 0.104. The van der Waals surface area contributed by atoms with Crippen LogP contribution in [0.2, 0.25) is 0 Å². The lowest BCUT2D eigenvalue weighted by atomic mass is 9.97. The predicted octanol–water partition coefficient (Wildman–Crippen LogP) is 4.02. The zero-order chi connectivity index (χ0) is 14.7. The van der Waals surface area contributed by atoms with Crippen molar-refractivity contribution < 1.29 is 18.6 Å². The highest BCUT2D eigenvalue weighted by atomic mass is 19.3. The maximum absolute atomic E-state index is 12.7. The van der Waals surface area contributed by atoms with Crippen molar-refractivity contribution in [1.82, 2.24) is 0 Å². The lowest BCUT2D eigenvalue weighted by molar-refractivity contribution is 0.150. The number of methoxy groups -OCH3 is 1. The van der Waals surface area contributed by atoms with Gasteiger partial charge in [0, 0.05) is 11.1 Å². The molecule has 0 aromatic heterocycles. The van der Waals surface area contributed by atoms with Crippen molar-refractivity contribution in [3.05, 3.63) is 64.7 Å². The fourth-order valence-corrected chi connectivity index (χ4v) is 2.11. The Morgan fingerprint density at radius 3 is 2.40 bits per heavy atom. The van der Waals surface area contributed by atoms with Gasteiger partial charge in [0.15, 0.2) is 0 Å². The largest absolute Gasteiger partial charge is 0.496 e. The number of hydrogen-bond acceptors (Lipinski definition) is 2. The van der Waals surface area contributed by atoms with E-state index in [-0.39, 0.29) is 5.56 Å². The molecule has 106 valence electrons. The number of aliphatic hydroxyl groups excluding tert-OH is 1. The molecule has 2 nitrogen and oxygen atoms in total. The number of hydrogen-bond donors (Lipinski definition) is 1. The molecule has 0 heterocycles. The van der Waals surface area contributed by atoms with Gasteiger partial charge in [0.1, 0.15) is 11.9 Å². The molecule has 2 aromatic carbocycles. The van der Waals surface area contributed by atoms with Gasteiger partial charge in [-0.1, -0.05) is 29.8 Å². The van der Waals surface area contributed by atoms with E-state index in [4.69, 9.17) is 4.74 Å². The molecule has 0 radical (unpaired) electrons. The van der Waals surface area contributed by atoms with Crippen LogP contribution in [0.4, 0.5) is 8.78 Å². The average Bonchev–Trinajstić information content (AvgIpc) is 2.46. The van der Waals surface area contributed by atoms with E-state index in [9.17, 15) is 13.9 Å². The number of rotatable bonds is 4. The number of ether oxygens (including phenoxy) is 1. The highest BCUT2D eigenvalue weighted by Gasteiger charge is 2.17. The number of aliphatic hydroxyl groups is 1. The Morgan fingerprint density at radius 2 is 1.75 bits per heavy atom. The SMILES string of the molecule is COc1ccc(C)cc1C(O)c1cccc(C(F)F)c1. The Kier molecular flexibility index (Phi) is 4.35. The zero-order valence-electron chi connectivity index (χ0n) is 11.3. The summed E-state index contributed by atoms with van der Waals surface area (Å²) in [6.07, 6.45) is -3.55. The molecular weight excluding hydrogens is 262 g/mol. The van der Waals surface area contributed by atoms with Crippen LogP contribution in [0.25, 0.3) is 0 Å². The van der Waals surface area contributed by atoms with Gasteiger partial charge in [-0.15, -0.1) is 0 Å². The second-order valence-corrected chi connectivity index (χ2v) is 4.62. The van der Waals surface area contributed by atoms with Crippen molar-refractivity contribution in [1.29, 1.82) is 0 Å². The third-order valence-corrected chi connectivity index (χ3v) is 3.16. The summed E-state index contributed by atoms with van der Waals surface area (Å²) in [6.45, 7) is 1.89. The molecule has 0 bridgehead atoms. The van der Waals surface area contributed by atoms with Crippen LogP contribution in [-0.4, -0.2) is 12.2 Å². The Morgan fingerprint density at radius 1 is 1.05 bits per heavy atom. The Bertz CT molecular complexity index is 597. The molecule has 0 amide bonds. The molecule has 0 spiro atoms. The first-order chi connectivity index (χ1) is 9.52. The first-order valence-corrected chi connectivity index (χ1v) is 6.23. The van der Waals surface area contributed by atoms with Crippen LogP contribution in [-0.2, 0) is 0 Å². The Balaban J connectivity index is 2.43. The van der Waals surface area contributed by atoms with Gasteiger partial charge < -0.3 is 9.84 Å². The topological polar surface area (TPSA) is 29.5 Å². The second-order valence-electron chi connectivity index (χ2n) is 4.62. The summed E-state index contributed by atoms with van der Waals surface area (Å²) >= 11 is 0. The van der Waals surface area contributed by atoms with Gasteiger partial charge in [-0.2, -0.15) is 0 Å². The number of aryl methyl sites for hydroxylation is 1. The molecule has 0 fully saturated rings. The van der Waals surface area contributed by atoms with Crippen LogP contribution in [0.1, 0.15) is 34.8 Å². The molecule has 0 aliphatic carbocycles. The molecule has 4 heteroatoms. The van der Waals surface area contributed by atoms with E-state index in [1.54, 1.807) is 18.2 Å². The van der Waals surface area contributed by atoms with Gasteiger partial charge >= 0.3 is 0 Å². The van der Waals surface area contributed by atoms with Crippen molar-refractivity contribution in [2.24, 2.45) is 0 Å². The van der Waals surface area contributed by atoms with Crippen molar-refractivity contribution in [3.63, 3.8) is 0 Å². The molecule has 2 rings (SSSR count). The molecule has 1 atom stereocenters. The summed E-state index contributed by atoms with van der Waals surface area (Å²) in [5, 5.41) is 10.4. The Hall–Kier alpha value is -1.94. The third kappa shape index (κ3) is 2.96. The van der Waals surface area contributed by atoms with Crippen LogP contribution < -0.4 is 4.74 Å². The van der Waals surface area contributed by atoms with Crippen LogP contribution in [0.15, 0.2) is 42.5 Å². The van der Waals surface area contributed by atoms with Gasteiger partial charge in [0.05, 0.1) is 7.11 Å². The first kappa shape index (κ1) is 14.5. The highest BCUT2D eigenvalue weighted by molar-refractivity contribution is 5.43.